The van der Waals surface area contributed by atoms with E-state index >= 15 is 0 Å². The smallest absolute Gasteiger partial charge is 0.156 e. The fourth-order valence-corrected chi connectivity index (χ4v) is 2.20. The van der Waals surface area contributed by atoms with Crippen LogP contribution in [-0.2, 0) is 4.74 Å². The van der Waals surface area contributed by atoms with Crippen LogP contribution in [0.25, 0.3) is 0 Å². The van der Waals surface area contributed by atoms with Crippen molar-refractivity contribution in [2.75, 3.05) is 44.7 Å². The summed E-state index contributed by atoms with van der Waals surface area (Å²) in [5, 5.41) is 3.33. The minimum absolute atomic E-state index is 0.191. The van der Waals surface area contributed by atoms with Gasteiger partial charge in [-0.2, -0.15) is 0 Å². The van der Waals surface area contributed by atoms with Gasteiger partial charge in [0.1, 0.15) is 16.8 Å². The van der Waals surface area contributed by atoms with Crippen LogP contribution < -0.4 is 5.32 Å². The molecule has 0 unspecified atom stereocenters. The number of aromatic nitrogens is 2. The van der Waals surface area contributed by atoms with Crippen LogP contribution >= 0.6 is 11.6 Å². The number of ether oxygens (including phenoxy) is 1. The molecule has 2 rings (SSSR count). The van der Waals surface area contributed by atoms with Gasteiger partial charge in [0.25, 0.3) is 0 Å². The summed E-state index contributed by atoms with van der Waals surface area (Å²) in [6.45, 7) is 6.75. The Balaban J connectivity index is 1.93. The summed E-state index contributed by atoms with van der Waals surface area (Å²) < 4.78 is 5.29. The minimum Gasteiger partial charge on any atom is -0.379 e. The van der Waals surface area contributed by atoms with E-state index in [1.54, 1.807) is 6.92 Å². The largest absolute Gasteiger partial charge is 0.379 e. The zero-order valence-electron chi connectivity index (χ0n) is 10.9. The van der Waals surface area contributed by atoms with Gasteiger partial charge in [0, 0.05) is 26.2 Å². The highest BCUT2D eigenvalue weighted by molar-refractivity contribution is 6.32. The summed E-state index contributed by atoms with van der Waals surface area (Å²) in [6, 6.07) is 0. The molecular weight excluding hydrogens is 268 g/mol. The van der Waals surface area contributed by atoms with Crippen molar-refractivity contribution in [3.8, 4) is 0 Å². The maximum absolute atomic E-state index is 11.0. The van der Waals surface area contributed by atoms with E-state index in [0.717, 1.165) is 32.8 Å². The molecule has 0 aromatic carbocycles. The number of nitrogens with one attached hydrogen (secondary N) is 1. The lowest BCUT2D eigenvalue weighted by Gasteiger charge is -2.26. The van der Waals surface area contributed by atoms with Crippen LogP contribution in [0.3, 0.4) is 0 Å². The first-order chi connectivity index (χ1) is 9.20. The average Bonchev–Trinajstić information content (AvgIpc) is 2.39. The molecule has 1 fully saturated rings. The van der Waals surface area contributed by atoms with Crippen molar-refractivity contribution in [1.82, 2.24) is 14.9 Å². The van der Waals surface area contributed by atoms with E-state index in [0.29, 0.717) is 30.0 Å². The van der Waals surface area contributed by atoms with Gasteiger partial charge in [0.05, 0.1) is 18.8 Å². The second kappa shape index (κ2) is 6.79. The second-order valence-corrected chi connectivity index (χ2v) is 4.68. The lowest BCUT2D eigenvalue weighted by Crippen LogP contribution is -2.39. The van der Waals surface area contributed by atoms with Gasteiger partial charge in [-0.3, -0.25) is 9.69 Å². The Morgan fingerprint density at radius 3 is 2.84 bits per heavy atom. The minimum atomic E-state index is 0.191. The first-order valence-electron chi connectivity index (χ1n) is 6.24. The molecule has 1 N–H and O–H groups in total. The number of aldehydes is 1. The molecule has 19 heavy (non-hydrogen) atoms. The Morgan fingerprint density at radius 1 is 1.42 bits per heavy atom. The highest BCUT2D eigenvalue weighted by Crippen LogP contribution is 2.18. The van der Waals surface area contributed by atoms with E-state index in [9.17, 15) is 4.79 Å². The van der Waals surface area contributed by atoms with Gasteiger partial charge in [-0.05, 0) is 6.92 Å². The lowest BCUT2D eigenvalue weighted by molar-refractivity contribution is 0.0398. The van der Waals surface area contributed by atoms with E-state index < -0.39 is 0 Å². The van der Waals surface area contributed by atoms with Crippen molar-refractivity contribution in [1.29, 1.82) is 0 Å². The number of halogens is 1. The Morgan fingerprint density at radius 2 is 2.16 bits per heavy atom. The molecule has 0 bridgehead atoms. The summed E-state index contributed by atoms with van der Waals surface area (Å²) >= 11 is 5.91. The van der Waals surface area contributed by atoms with Crippen LogP contribution in [0.2, 0.25) is 5.15 Å². The molecule has 1 saturated heterocycles. The number of carbonyl (C=O) groups is 1. The summed E-state index contributed by atoms with van der Waals surface area (Å²) in [5.41, 5.74) is 0.314. The first kappa shape index (κ1) is 14.2. The number of hydrogen-bond donors (Lipinski definition) is 1. The highest BCUT2D eigenvalue weighted by atomic mass is 35.5. The molecule has 0 saturated carbocycles. The van der Waals surface area contributed by atoms with Crippen LogP contribution in [0.5, 0.6) is 0 Å². The van der Waals surface area contributed by atoms with Gasteiger partial charge < -0.3 is 10.1 Å². The van der Waals surface area contributed by atoms with E-state index in [4.69, 9.17) is 16.3 Å². The van der Waals surface area contributed by atoms with Crippen molar-refractivity contribution < 1.29 is 9.53 Å². The highest BCUT2D eigenvalue weighted by Gasteiger charge is 2.12. The molecule has 1 aromatic rings. The molecule has 1 aromatic heterocycles. The monoisotopic (exact) mass is 284 g/mol. The maximum atomic E-state index is 11.0. The Hall–Kier alpha value is -1.24. The molecule has 2 heterocycles. The molecular formula is C12H17ClN4O2. The van der Waals surface area contributed by atoms with Gasteiger partial charge >= 0.3 is 0 Å². The zero-order chi connectivity index (χ0) is 13.7. The predicted molar refractivity (Wildman–Crippen MR) is 72.9 cm³/mol. The van der Waals surface area contributed by atoms with Crippen molar-refractivity contribution in [2.45, 2.75) is 6.92 Å². The van der Waals surface area contributed by atoms with Crippen LogP contribution in [0.15, 0.2) is 0 Å². The predicted octanol–water partition coefficient (Wildman–Crippen LogP) is 0.995. The van der Waals surface area contributed by atoms with E-state index in [-0.39, 0.29) is 5.15 Å². The summed E-state index contributed by atoms with van der Waals surface area (Å²) in [4.78, 5) is 21.5. The summed E-state index contributed by atoms with van der Waals surface area (Å²) in [6.07, 6.45) is 0.679. The molecule has 6 nitrogen and oxygen atoms in total. The topological polar surface area (TPSA) is 67.4 Å². The molecule has 0 spiro atoms. The third-order valence-corrected chi connectivity index (χ3v) is 3.24. The molecule has 1 aliphatic rings. The average molecular weight is 285 g/mol. The third-order valence-electron chi connectivity index (χ3n) is 2.95. The van der Waals surface area contributed by atoms with Crippen LogP contribution in [0.1, 0.15) is 16.2 Å². The molecule has 1 aliphatic heterocycles. The summed E-state index contributed by atoms with van der Waals surface area (Å²) in [5.74, 6) is 1.05. The van der Waals surface area contributed by atoms with Gasteiger partial charge in [0.15, 0.2) is 6.29 Å². The second-order valence-electron chi connectivity index (χ2n) is 4.32. The normalized spacial score (nSPS) is 16.3. The molecule has 104 valence electrons. The number of aryl methyl sites for hydroxylation is 1. The molecule has 0 aliphatic carbocycles. The van der Waals surface area contributed by atoms with Crippen LogP contribution in [-0.4, -0.2) is 60.5 Å². The van der Waals surface area contributed by atoms with Gasteiger partial charge in [-0.15, -0.1) is 0 Å². The number of hydrogen-bond acceptors (Lipinski definition) is 6. The Labute approximate surface area is 117 Å². The zero-order valence-corrected chi connectivity index (χ0v) is 11.6. The fraction of sp³-hybridized carbons (Fsp3) is 0.583. The fourth-order valence-electron chi connectivity index (χ4n) is 1.94. The number of carbonyl (C=O) groups excluding carboxylic acids is 1. The lowest BCUT2D eigenvalue weighted by atomic mass is 10.3. The molecule has 0 radical (unpaired) electrons. The Kier molecular flexibility index (Phi) is 5.07. The van der Waals surface area contributed by atoms with Crippen molar-refractivity contribution in [3.63, 3.8) is 0 Å². The van der Waals surface area contributed by atoms with Gasteiger partial charge in [0.2, 0.25) is 0 Å². The number of nitrogens with zero attached hydrogens (tertiary/aromatic N) is 3. The maximum Gasteiger partial charge on any atom is 0.156 e. The molecule has 7 heteroatoms. The van der Waals surface area contributed by atoms with Crippen molar-refractivity contribution in [3.05, 3.63) is 16.5 Å². The van der Waals surface area contributed by atoms with Crippen molar-refractivity contribution in [2.24, 2.45) is 0 Å². The van der Waals surface area contributed by atoms with Crippen molar-refractivity contribution >= 4 is 23.7 Å². The van der Waals surface area contributed by atoms with Crippen LogP contribution in [0, 0.1) is 6.92 Å². The Bertz CT molecular complexity index is 450. The van der Waals surface area contributed by atoms with Crippen LogP contribution in [0.4, 0.5) is 5.82 Å². The standard InChI is InChI=1S/C12H17ClN4O2/c1-9-15-11(13)10(8-18)12(16-9)14-2-3-17-4-6-19-7-5-17/h8H,2-7H2,1H3,(H,14,15,16). The SMILES string of the molecule is Cc1nc(Cl)c(C=O)c(NCCN2CCOCC2)n1. The van der Waals surface area contributed by atoms with E-state index in [2.05, 4.69) is 20.2 Å². The van der Waals surface area contributed by atoms with E-state index in [1.807, 2.05) is 0 Å². The molecule has 0 atom stereocenters. The quantitative estimate of drug-likeness (QED) is 0.643. The number of rotatable bonds is 5. The first-order valence-corrected chi connectivity index (χ1v) is 6.62. The third kappa shape index (κ3) is 3.86. The van der Waals surface area contributed by atoms with Gasteiger partial charge in [-0.1, -0.05) is 11.6 Å². The van der Waals surface area contributed by atoms with E-state index in [1.165, 1.54) is 0 Å². The number of anilines is 1. The van der Waals surface area contributed by atoms with Gasteiger partial charge in [-0.25, -0.2) is 9.97 Å². The number of morpholine rings is 1. The molecule has 0 amide bonds. The summed E-state index contributed by atoms with van der Waals surface area (Å²) in [7, 11) is 0.